The van der Waals surface area contributed by atoms with Crippen molar-refractivity contribution in [1.82, 2.24) is 0 Å². The molecule has 70 valence electrons. The van der Waals surface area contributed by atoms with Gasteiger partial charge in [-0.15, -0.1) is 0 Å². The summed E-state index contributed by atoms with van der Waals surface area (Å²) in [5.41, 5.74) is 0.234. The molecule has 0 saturated carbocycles. The van der Waals surface area contributed by atoms with Gasteiger partial charge in [-0.3, -0.25) is 4.79 Å². The molecule has 1 heterocycles. The Kier molecular flexibility index (Phi) is 2.34. The highest BCUT2D eigenvalue weighted by Crippen LogP contribution is 2.40. The molecule has 3 heteroatoms. The zero-order valence-corrected chi connectivity index (χ0v) is 9.55. The predicted molar refractivity (Wildman–Crippen MR) is 51.8 cm³/mol. The van der Waals surface area contributed by atoms with Crippen molar-refractivity contribution in [3.05, 3.63) is 0 Å². The molecule has 0 aromatic rings. The van der Waals surface area contributed by atoms with Gasteiger partial charge < -0.3 is 4.74 Å². The molecular weight excluding hydrogens is 168 g/mol. The molecule has 0 spiro atoms. The average Bonchev–Trinajstić information content (AvgIpc) is 1.77. The molecule has 1 rings (SSSR count). The summed E-state index contributed by atoms with van der Waals surface area (Å²) in [6.45, 7) is 10.9. The van der Waals surface area contributed by atoms with E-state index < -0.39 is 8.07 Å². The van der Waals surface area contributed by atoms with Gasteiger partial charge in [0.15, 0.2) is 0 Å². The highest BCUT2D eigenvalue weighted by Gasteiger charge is 2.51. The minimum atomic E-state index is -1.34. The smallest absolute Gasteiger partial charge is 0.310 e. The van der Waals surface area contributed by atoms with Crippen LogP contribution in [0.3, 0.4) is 0 Å². The van der Waals surface area contributed by atoms with Crippen molar-refractivity contribution < 1.29 is 9.53 Å². The number of esters is 1. The van der Waals surface area contributed by atoms with E-state index in [9.17, 15) is 4.79 Å². The van der Waals surface area contributed by atoms with Crippen molar-refractivity contribution in [3.63, 3.8) is 0 Å². The normalized spacial score (nSPS) is 30.0. The van der Waals surface area contributed by atoms with E-state index in [1.165, 1.54) is 0 Å². The van der Waals surface area contributed by atoms with E-state index in [1.807, 2.05) is 0 Å². The fourth-order valence-electron chi connectivity index (χ4n) is 1.70. The Labute approximate surface area is 75.3 Å². The number of hydrogen-bond donors (Lipinski definition) is 0. The molecular formula is C9H18O2Si. The predicted octanol–water partition coefficient (Wildman–Crippen LogP) is 2.28. The van der Waals surface area contributed by atoms with Crippen molar-refractivity contribution in [2.75, 3.05) is 0 Å². The van der Waals surface area contributed by atoms with E-state index in [2.05, 4.69) is 33.5 Å². The molecule has 0 amide bonds. The van der Waals surface area contributed by atoms with Crippen LogP contribution in [0, 0.1) is 5.92 Å². The molecule has 1 saturated heterocycles. The van der Waals surface area contributed by atoms with Crippen LogP contribution in [0.1, 0.15) is 13.8 Å². The maximum Gasteiger partial charge on any atom is 0.310 e. The first-order chi connectivity index (χ1) is 5.34. The summed E-state index contributed by atoms with van der Waals surface area (Å²) in [7, 11) is -1.34. The van der Waals surface area contributed by atoms with Crippen LogP contribution in [0.4, 0.5) is 0 Å². The van der Waals surface area contributed by atoms with Crippen LogP contribution >= 0.6 is 0 Å². The average molecular weight is 186 g/mol. The van der Waals surface area contributed by atoms with Gasteiger partial charge in [0.1, 0.15) is 6.10 Å². The van der Waals surface area contributed by atoms with Gasteiger partial charge in [0, 0.05) is 0 Å². The van der Waals surface area contributed by atoms with E-state index in [-0.39, 0.29) is 17.6 Å². The highest BCUT2D eigenvalue weighted by atomic mass is 28.3. The highest BCUT2D eigenvalue weighted by molar-refractivity contribution is 6.81. The number of carbonyl (C=O) groups excluding carboxylic acids is 1. The first-order valence-corrected chi connectivity index (χ1v) is 8.12. The molecule has 1 aliphatic rings. The molecule has 0 bridgehead atoms. The minimum absolute atomic E-state index is 0.0351. The van der Waals surface area contributed by atoms with Crippen molar-refractivity contribution in [2.24, 2.45) is 5.92 Å². The van der Waals surface area contributed by atoms with Gasteiger partial charge in [-0.2, -0.15) is 0 Å². The van der Waals surface area contributed by atoms with Gasteiger partial charge in [0.25, 0.3) is 0 Å². The molecule has 2 nitrogen and oxygen atoms in total. The second-order valence-electron chi connectivity index (χ2n) is 4.99. The standard InChI is InChI=1S/C9H18O2Si/c1-6(2)7-8(9(10)11-7)12(3,4)5/h6-8H,1-5H3/t7-,8-/m1/s1. The van der Waals surface area contributed by atoms with Crippen LogP contribution in [-0.2, 0) is 9.53 Å². The third-order valence-electron chi connectivity index (χ3n) is 2.42. The summed E-state index contributed by atoms with van der Waals surface area (Å²) in [6.07, 6.45) is 0.198. The van der Waals surface area contributed by atoms with Crippen molar-refractivity contribution in [3.8, 4) is 0 Å². The van der Waals surface area contributed by atoms with Crippen molar-refractivity contribution in [2.45, 2.75) is 45.1 Å². The quantitative estimate of drug-likeness (QED) is 0.488. The topological polar surface area (TPSA) is 26.3 Å². The Balaban J connectivity index is 2.69. The Bertz CT molecular complexity index is 193. The lowest BCUT2D eigenvalue weighted by Gasteiger charge is -2.44. The number of ether oxygens (including phenoxy) is 1. The summed E-state index contributed by atoms with van der Waals surface area (Å²) in [6, 6.07) is 0. The van der Waals surface area contributed by atoms with Gasteiger partial charge in [-0.05, 0) is 5.92 Å². The lowest BCUT2D eigenvalue weighted by atomic mass is 9.99. The van der Waals surface area contributed by atoms with E-state index in [4.69, 9.17) is 4.74 Å². The van der Waals surface area contributed by atoms with Crippen LogP contribution in [0.15, 0.2) is 0 Å². The molecule has 0 N–H and O–H groups in total. The second-order valence-corrected chi connectivity index (χ2v) is 10.3. The lowest BCUT2D eigenvalue weighted by molar-refractivity contribution is -0.173. The summed E-state index contributed by atoms with van der Waals surface area (Å²) in [4.78, 5) is 11.2. The van der Waals surface area contributed by atoms with Crippen molar-refractivity contribution in [1.29, 1.82) is 0 Å². The Morgan fingerprint density at radius 2 is 1.83 bits per heavy atom. The number of rotatable bonds is 2. The lowest BCUT2D eigenvalue weighted by Crippen LogP contribution is -2.54. The molecule has 1 fully saturated rings. The van der Waals surface area contributed by atoms with E-state index in [0.717, 1.165) is 0 Å². The van der Waals surface area contributed by atoms with Gasteiger partial charge in [-0.25, -0.2) is 0 Å². The monoisotopic (exact) mass is 186 g/mol. The first kappa shape index (κ1) is 9.77. The molecule has 2 atom stereocenters. The van der Waals surface area contributed by atoms with Crippen LogP contribution in [0.2, 0.25) is 25.2 Å². The Morgan fingerprint density at radius 3 is 2.00 bits per heavy atom. The molecule has 0 aromatic heterocycles. The molecule has 1 aliphatic heterocycles. The second kappa shape index (κ2) is 2.87. The van der Waals surface area contributed by atoms with Crippen LogP contribution in [0.5, 0.6) is 0 Å². The number of hydrogen-bond acceptors (Lipinski definition) is 2. The summed E-state index contributed by atoms with van der Waals surface area (Å²) < 4.78 is 5.14. The molecule has 12 heavy (non-hydrogen) atoms. The number of carbonyl (C=O) groups is 1. The summed E-state index contributed by atoms with van der Waals surface area (Å²) in [5, 5.41) is 0. The maximum atomic E-state index is 11.2. The fourth-order valence-corrected chi connectivity index (χ4v) is 3.92. The Morgan fingerprint density at radius 1 is 1.33 bits per heavy atom. The zero-order chi connectivity index (χ0) is 9.52. The van der Waals surface area contributed by atoms with Gasteiger partial charge in [0.05, 0.1) is 13.6 Å². The SMILES string of the molecule is CC(C)[C@H]1OC(=O)[C@@H]1[Si](C)(C)C. The largest absolute Gasteiger partial charge is 0.461 e. The zero-order valence-electron chi connectivity index (χ0n) is 8.55. The molecule has 0 aliphatic carbocycles. The van der Waals surface area contributed by atoms with Gasteiger partial charge >= 0.3 is 5.97 Å². The van der Waals surface area contributed by atoms with Gasteiger partial charge in [0.2, 0.25) is 0 Å². The van der Waals surface area contributed by atoms with Crippen LogP contribution in [0.25, 0.3) is 0 Å². The Hall–Kier alpha value is -0.313. The molecule has 0 aromatic carbocycles. The van der Waals surface area contributed by atoms with Gasteiger partial charge in [-0.1, -0.05) is 33.5 Å². The fraction of sp³-hybridized carbons (Fsp3) is 0.889. The molecule has 0 radical (unpaired) electrons. The van der Waals surface area contributed by atoms with Crippen LogP contribution in [-0.4, -0.2) is 20.1 Å². The third-order valence-corrected chi connectivity index (χ3v) is 4.86. The van der Waals surface area contributed by atoms with E-state index in [0.29, 0.717) is 5.92 Å². The van der Waals surface area contributed by atoms with E-state index >= 15 is 0 Å². The summed E-state index contributed by atoms with van der Waals surface area (Å²) >= 11 is 0. The first-order valence-electron chi connectivity index (χ1n) is 4.54. The third kappa shape index (κ3) is 1.55. The maximum absolute atomic E-state index is 11.2. The van der Waals surface area contributed by atoms with Crippen molar-refractivity contribution >= 4 is 14.0 Å². The van der Waals surface area contributed by atoms with E-state index in [1.54, 1.807) is 0 Å². The summed E-state index contributed by atoms with van der Waals surface area (Å²) in [5.74, 6) is 0.507. The minimum Gasteiger partial charge on any atom is -0.461 e. The van der Waals surface area contributed by atoms with Crippen LogP contribution < -0.4 is 0 Å². The molecule has 0 unspecified atom stereocenters. The number of cyclic esters (lactones) is 1.